The van der Waals surface area contributed by atoms with Crippen LogP contribution in [-0.2, 0) is 4.79 Å². The van der Waals surface area contributed by atoms with Gasteiger partial charge in [-0.25, -0.2) is 4.79 Å². The summed E-state index contributed by atoms with van der Waals surface area (Å²) in [7, 11) is 0. The van der Waals surface area contributed by atoms with Crippen LogP contribution >= 0.6 is 0 Å². The molecule has 0 aliphatic rings. The third-order valence-corrected chi connectivity index (χ3v) is 1.68. The second-order valence-corrected chi connectivity index (χ2v) is 2.84. The van der Waals surface area contributed by atoms with Crippen molar-refractivity contribution in [3.8, 4) is 11.5 Å². The molecule has 1 aromatic rings. The van der Waals surface area contributed by atoms with Gasteiger partial charge in [0.05, 0.1) is 0 Å². The lowest BCUT2D eigenvalue weighted by Crippen LogP contribution is -2.11. The van der Waals surface area contributed by atoms with E-state index in [4.69, 9.17) is 5.11 Å². The Morgan fingerprint density at radius 3 is 2.20 bits per heavy atom. The Hall–Kier alpha value is -2.24. The Labute approximate surface area is 84.8 Å². The van der Waals surface area contributed by atoms with E-state index in [-0.39, 0.29) is 5.69 Å². The van der Waals surface area contributed by atoms with Crippen molar-refractivity contribution < 1.29 is 24.9 Å². The monoisotopic (exact) mass is 211 g/mol. The Bertz CT molecular complexity index is 427. The summed E-state index contributed by atoms with van der Waals surface area (Å²) in [6, 6.07) is 2.12. The number of carbonyl (C=O) groups is 2. The van der Waals surface area contributed by atoms with Gasteiger partial charge in [0.15, 0.2) is 0 Å². The predicted molar refractivity (Wildman–Crippen MR) is 51.0 cm³/mol. The first-order chi connectivity index (χ1) is 6.93. The zero-order chi connectivity index (χ0) is 11.6. The van der Waals surface area contributed by atoms with Crippen molar-refractivity contribution in [2.45, 2.75) is 6.92 Å². The van der Waals surface area contributed by atoms with Crippen molar-refractivity contribution >= 4 is 17.6 Å². The van der Waals surface area contributed by atoms with Crippen LogP contribution in [0, 0.1) is 0 Å². The van der Waals surface area contributed by atoms with E-state index in [0.29, 0.717) is 0 Å². The number of phenolic OH excluding ortho intramolecular Hbond substituents is 1. The highest BCUT2D eigenvalue weighted by molar-refractivity contribution is 6.03. The van der Waals surface area contributed by atoms with Crippen molar-refractivity contribution in [1.29, 1.82) is 0 Å². The molecule has 6 nitrogen and oxygen atoms in total. The van der Waals surface area contributed by atoms with Crippen LogP contribution in [0.4, 0.5) is 5.69 Å². The first-order valence-electron chi connectivity index (χ1n) is 3.99. The predicted octanol–water partition coefficient (Wildman–Crippen LogP) is 0.754. The van der Waals surface area contributed by atoms with Gasteiger partial charge < -0.3 is 20.6 Å². The molecule has 1 rings (SSSR count). The minimum Gasteiger partial charge on any atom is -0.507 e. The molecule has 0 fully saturated rings. The van der Waals surface area contributed by atoms with Gasteiger partial charge in [-0.05, 0) is 12.1 Å². The van der Waals surface area contributed by atoms with Crippen molar-refractivity contribution in [3.05, 3.63) is 17.7 Å². The summed E-state index contributed by atoms with van der Waals surface area (Å²) >= 11 is 0. The SMILES string of the molecule is CC(=O)Nc1c(O)ccc(O)c1C(=O)O. The fourth-order valence-corrected chi connectivity index (χ4v) is 1.10. The van der Waals surface area contributed by atoms with E-state index in [9.17, 15) is 19.8 Å². The molecule has 1 aromatic carbocycles. The lowest BCUT2D eigenvalue weighted by atomic mass is 10.1. The molecule has 0 spiro atoms. The molecule has 4 N–H and O–H groups in total. The quantitative estimate of drug-likeness (QED) is 0.426. The number of benzene rings is 1. The van der Waals surface area contributed by atoms with E-state index in [2.05, 4.69) is 5.32 Å². The normalized spacial score (nSPS) is 9.67. The molecule has 0 saturated heterocycles. The first kappa shape index (κ1) is 10.8. The van der Waals surface area contributed by atoms with Crippen LogP contribution in [0.2, 0.25) is 0 Å². The first-order valence-corrected chi connectivity index (χ1v) is 3.99. The fraction of sp³-hybridized carbons (Fsp3) is 0.111. The number of amides is 1. The number of nitrogens with one attached hydrogen (secondary N) is 1. The largest absolute Gasteiger partial charge is 0.507 e. The van der Waals surface area contributed by atoms with Crippen molar-refractivity contribution in [1.82, 2.24) is 0 Å². The van der Waals surface area contributed by atoms with E-state index in [1.54, 1.807) is 0 Å². The molecular formula is C9H9NO5. The Morgan fingerprint density at radius 2 is 1.73 bits per heavy atom. The van der Waals surface area contributed by atoms with Crippen molar-refractivity contribution in [3.63, 3.8) is 0 Å². The summed E-state index contributed by atoms with van der Waals surface area (Å²) in [6.45, 7) is 1.16. The average molecular weight is 211 g/mol. The lowest BCUT2D eigenvalue weighted by Gasteiger charge is -2.09. The van der Waals surface area contributed by atoms with E-state index >= 15 is 0 Å². The van der Waals surface area contributed by atoms with Crippen LogP contribution in [0.25, 0.3) is 0 Å². The Morgan fingerprint density at radius 1 is 1.20 bits per heavy atom. The second-order valence-electron chi connectivity index (χ2n) is 2.84. The van der Waals surface area contributed by atoms with Gasteiger partial charge in [0.1, 0.15) is 22.7 Å². The van der Waals surface area contributed by atoms with Gasteiger partial charge in [-0.1, -0.05) is 0 Å². The van der Waals surface area contributed by atoms with E-state index < -0.39 is 28.9 Å². The van der Waals surface area contributed by atoms with Crippen LogP contribution in [0.1, 0.15) is 17.3 Å². The lowest BCUT2D eigenvalue weighted by molar-refractivity contribution is -0.114. The third-order valence-electron chi connectivity index (χ3n) is 1.68. The Kier molecular flexibility index (Phi) is 2.80. The summed E-state index contributed by atoms with van der Waals surface area (Å²) in [5.74, 6) is -2.92. The zero-order valence-electron chi connectivity index (χ0n) is 7.81. The highest BCUT2D eigenvalue weighted by Gasteiger charge is 2.19. The average Bonchev–Trinajstić information content (AvgIpc) is 2.10. The van der Waals surface area contributed by atoms with Crippen LogP contribution in [0.3, 0.4) is 0 Å². The molecule has 0 atom stereocenters. The molecule has 0 radical (unpaired) electrons. The Balaban J connectivity index is 3.38. The van der Waals surface area contributed by atoms with E-state index in [1.807, 2.05) is 0 Å². The fourth-order valence-electron chi connectivity index (χ4n) is 1.10. The maximum absolute atomic E-state index is 10.8. The number of carboxylic acids is 1. The highest BCUT2D eigenvalue weighted by atomic mass is 16.4. The number of aromatic carboxylic acids is 1. The van der Waals surface area contributed by atoms with E-state index in [1.165, 1.54) is 0 Å². The van der Waals surface area contributed by atoms with Gasteiger partial charge in [-0.2, -0.15) is 0 Å². The number of rotatable bonds is 2. The van der Waals surface area contributed by atoms with Crippen molar-refractivity contribution in [2.75, 3.05) is 5.32 Å². The minimum absolute atomic E-state index is 0.310. The van der Waals surface area contributed by atoms with Gasteiger partial charge in [0.2, 0.25) is 5.91 Å². The topological polar surface area (TPSA) is 107 Å². The summed E-state index contributed by atoms with van der Waals surface area (Å²) in [5.41, 5.74) is -0.847. The molecule has 0 aliphatic heterocycles. The highest BCUT2D eigenvalue weighted by Crippen LogP contribution is 2.33. The number of hydrogen-bond acceptors (Lipinski definition) is 4. The molecule has 80 valence electrons. The minimum atomic E-state index is -1.44. The van der Waals surface area contributed by atoms with E-state index in [0.717, 1.165) is 19.1 Å². The number of phenols is 2. The maximum Gasteiger partial charge on any atom is 0.341 e. The summed E-state index contributed by atoms with van der Waals surface area (Å²) in [6.07, 6.45) is 0. The molecule has 0 aliphatic carbocycles. The molecular weight excluding hydrogens is 202 g/mol. The molecule has 0 aromatic heterocycles. The third kappa shape index (κ3) is 2.16. The number of anilines is 1. The number of carbonyl (C=O) groups excluding carboxylic acids is 1. The van der Waals surface area contributed by atoms with Crippen LogP contribution in [0.15, 0.2) is 12.1 Å². The van der Waals surface area contributed by atoms with Crippen LogP contribution in [0.5, 0.6) is 11.5 Å². The molecule has 0 bridgehead atoms. The summed E-state index contributed by atoms with van der Waals surface area (Å²) < 4.78 is 0. The molecule has 0 saturated carbocycles. The maximum atomic E-state index is 10.8. The smallest absolute Gasteiger partial charge is 0.341 e. The van der Waals surface area contributed by atoms with Gasteiger partial charge in [0, 0.05) is 6.92 Å². The summed E-state index contributed by atoms with van der Waals surface area (Å²) in [4.78, 5) is 21.5. The van der Waals surface area contributed by atoms with Crippen LogP contribution in [-0.4, -0.2) is 27.2 Å². The number of hydrogen-bond donors (Lipinski definition) is 4. The molecule has 6 heteroatoms. The standard InChI is InChI=1S/C9H9NO5/c1-4(11)10-8-6(13)3-2-5(12)7(8)9(14)15/h2-3,12-13H,1H3,(H,10,11)(H,14,15). The summed E-state index contributed by atoms with van der Waals surface area (Å²) in [5, 5.41) is 29.5. The van der Waals surface area contributed by atoms with Gasteiger partial charge >= 0.3 is 5.97 Å². The van der Waals surface area contributed by atoms with Crippen LogP contribution < -0.4 is 5.32 Å². The zero-order valence-corrected chi connectivity index (χ0v) is 7.81. The van der Waals surface area contributed by atoms with Gasteiger partial charge in [-0.3, -0.25) is 4.79 Å². The molecule has 0 unspecified atom stereocenters. The molecule has 1 amide bonds. The number of aromatic hydroxyl groups is 2. The van der Waals surface area contributed by atoms with Crippen molar-refractivity contribution in [2.24, 2.45) is 0 Å². The molecule has 0 heterocycles. The second kappa shape index (κ2) is 3.87. The molecule has 15 heavy (non-hydrogen) atoms. The van der Waals surface area contributed by atoms with Gasteiger partial charge in [0.25, 0.3) is 0 Å². The number of carboxylic acid groups (broad SMARTS) is 1. The van der Waals surface area contributed by atoms with Gasteiger partial charge in [-0.15, -0.1) is 0 Å².